The number of amides is 1. The summed E-state index contributed by atoms with van der Waals surface area (Å²) in [5, 5.41) is 11.3. The Kier molecular flexibility index (Phi) is 7.05. The summed E-state index contributed by atoms with van der Waals surface area (Å²) in [6.45, 7) is 0.795. The van der Waals surface area contributed by atoms with Gasteiger partial charge in [0, 0.05) is 30.8 Å². The zero-order valence-electron chi connectivity index (χ0n) is 19.8. The van der Waals surface area contributed by atoms with Gasteiger partial charge in [-0.25, -0.2) is 0 Å². The standard InChI is InChI=1S/C26H26N2O7/c1-32-21-7-4-17(5-8-21)22-14-20(28(30)31)6-9-23(22)35-16-26(29)27-11-10-18-12-24(33-2)25(34-3)13-19(18)15-27/h4-9,12-14H,10-11,15-16H2,1-3H3. The third-order valence-electron chi connectivity index (χ3n) is 6.00. The van der Waals surface area contributed by atoms with Crippen molar-refractivity contribution >= 4 is 11.6 Å². The van der Waals surface area contributed by atoms with Crippen LogP contribution in [0.15, 0.2) is 54.6 Å². The Hall–Kier alpha value is -4.27. The molecule has 3 aromatic rings. The van der Waals surface area contributed by atoms with Crippen LogP contribution in [0.4, 0.5) is 5.69 Å². The average Bonchev–Trinajstić information content (AvgIpc) is 2.90. The van der Waals surface area contributed by atoms with Gasteiger partial charge in [-0.1, -0.05) is 12.1 Å². The Morgan fingerprint density at radius 1 is 0.914 bits per heavy atom. The number of fused-ring (bicyclic) bond motifs is 1. The molecule has 0 fully saturated rings. The lowest BCUT2D eigenvalue weighted by atomic mass is 9.99. The van der Waals surface area contributed by atoms with E-state index in [1.165, 1.54) is 18.2 Å². The van der Waals surface area contributed by atoms with Crippen LogP contribution in [0.1, 0.15) is 11.1 Å². The molecule has 0 N–H and O–H groups in total. The zero-order valence-corrected chi connectivity index (χ0v) is 19.8. The Morgan fingerprint density at radius 2 is 1.60 bits per heavy atom. The van der Waals surface area contributed by atoms with E-state index >= 15 is 0 Å². The molecule has 1 aliphatic heterocycles. The second kappa shape index (κ2) is 10.3. The van der Waals surface area contributed by atoms with E-state index in [-0.39, 0.29) is 18.2 Å². The van der Waals surface area contributed by atoms with E-state index in [1.807, 2.05) is 12.1 Å². The maximum Gasteiger partial charge on any atom is 0.270 e. The molecule has 1 aliphatic rings. The fourth-order valence-corrected chi connectivity index (χ4v) is 4.08. The topological polar surface area (TPSA) is 100 Å². The van der Waals surface area contributed by atoms with E-state index in [9.17, 15) is 14.9 Å². The second-order valence-electron chi connectivity index (χ2n) is 8.00. The molecule has 3 aromatic carbocycles. The fourth-order valence-electron chi connectivity index (χ4n) is 4.08. The van der Waals surface area contributed by atoms with Crippen molar-refractivity contribution in [3.8, 4) is 34.1 Å². The van der Waals surface area contributed by atoms with E-state index in [2.05, 4.69) is 0 Å². The summed E-state index contributed by atoms with van der Waals surface area (Å²) in [7, 11) is 4.74. The molecule has 9 heteroatoms. The van der Waals surface area contributed by atoms with Gasteiger partial charge in [0.05, 0.1) is 26.3 Å². The van der Waals surface area contributed by atoms with Crippen LogP contribution in [0, 0.1) is 10.1 Å². The number of nitrogens with zero attached hydrogens (tertiary/aromatic N) is 2. The van der Waals surface area contributed by atoms with Gasteiger partial charge in [-0.05, 0) is 53.4 Å². The number of carbonyl (C=O) groups excluding carboxylic acids is 1. The first-order valence-electron chi connectivity index (χ1n) is 11.0. The number of carbonyl (C=O) groups is 1. The quantitative estimate of drug-likeness (QED) is 0.352. The van der Waals surface area contributed by atoms with Crippen molar-refractivity contribution in [2.75, 3.05) is 34.5 Å². The first kappa shape index (κ1) is 23.9. The summed E-state index contributed by atoms with van der Waals surface area (Å²) >= 11 is 0. The first-order chi connectivity index (χ1) is 16.9. The number of hydrogen-bond donors (Lipinski definition) is 0. The van der Waals surface area contributed by atoms with Crippen LogP contribution in [-0.4, -0.2) is 50.2 Å². The number of methoxy groups -OCH3 is 3. The normalized spacial score (nSPS) is 12.5. The Labute approximate surface area is 202 Å². The average molecular weight is 479 g/mol. The van der Waals surface area contributed by atoms with Crippen LogP contribution in [0.2, 0.25) is 0 Å². The van der Waals surface area contributed by atoms with Gasteiger partial charge in [-0.2, -0.15) is 0 Å². The minimum atomic E-state index is -0.462. The van der Waals surface area contributed by atoms with Gasteiger partial charge in [0.25, 0.3) is 11.6 Å². The Morgan fingerprint density at radius 3 is 2.23 bits per heavy atom. The number of ether oxygens (including phenoxy) is 4. The van der Waals surface area contributed by atoms with Crippen LogP contribution in [0.25, 0.3) is 11.1 Å². The highest BCUT2D eigenvalue weighted by molar-refractivity contribution is 5.79. The smallest absolute Gasteiger partial charge is 0.270 e. The molecule has 182 valence electrons. The predicted molar refractivity (Wildman–Crippen MR) is 129 cm³/mol. The molecule has 0 saturated heterocycles. The van der Waals surface area contributed by atoms with Crippen LogP contribution in [0.3, 0.4) is 0 Å². The minimum absolute atomic E-state index is 0.0634. The van der Waals surface area contributed by atoms with Crippen molar-refractivity contribution in [1.82, 2.24) is 4.90 Å². The molecule has 1 amide bonds. The van der Waals surface area contributed by atoms with Crippen molar-refractivity contribution in [2.45, 2.75) is 13.0 Å². The molecule has 0 aliphatic carbocycles. The van der Waals surface area contributed by atoms with Crippen molar-refractivity contribution in [3.05, 3.63) is 75.8 Å². The fraction of sp³-hybridized carbons (Fsp3) is 0.269. The molecule has 0 unspecified atom stereocenters. The second-order valence-corrected chi connectivity index (χ2v) is 8.00. The van der Waals surface area contributed by atoms with Crippen LogP contribution in [-0.2, 0) is 17.8 Å². The van der Waals surface area contributed by atoms with Gasteiger partial charge in [0.1, 0.15) is 11.5 Å². The maximum absolute atomic E-state index is 13.0. The first-order valence-corrected chi connectivity index (χ1v) is 11.0. The largest absolute Gasteiger partial charge is 0.497 e. The summed E-state index contributed by atoms with van der Waals surface area (Å²) in [5.41, 5.74) is 3.29. The molecule has 0 aromatic heterocycles. The summed E-state index contributed by atoms with van der Waals surface area (Å²) in [5.74, 6) is 2.16. The number of benzene rings is 3. The summed E-state index contributed by atoms with van der Waals surface area (Å²) in [6.07, 6.45) is 0.691. The van der Waals surface area contributed by atoms with Gasteiger partial charge >= 0.3 is 0 Å². The van der Waals surface area contributed by atoms with Gasteiger partial charge in [0.2, 0.25) is 0 Å². The monoisotopic (exact) mass is 478 g/mol. The number of nitro groups is 1. The highest BCUT2D eigenvalue weighted by Gasteiger charge is 2.24. The lowest BCUT2D eigenvalue weighted by molar-refractivity contribution is -0.384. The molecule has 0 atom stereocenters. The molecule has 9 nitrogen and oxygen atoms in total. The van der Waals surface area contributed by atoms with E-state index in [4.69, 9.17) is 18.9 Å². The van der Waals surface area contributed by atoms with E-state index in [0.717, 1.165) is 11.1 Å². The maximum atomic E-state index is 13.0. The van der Waals surface area contributed by atoms with Gasteiger partial charge in [-0.15, -0.1) is 0 Å². The van der Waals surface area contributed by atoms with Crippen molar-refractivity contribution in [3.63, 3.8) is 0 Å². The molecule has 0 saturated carbocycles. The number of rotatable bonds is 8. The molecule has 35 heavy (non-hydrogen) atoms. The highest BCUT2D eigenvalue weighted by Crippen LogP contribution is 2.35. The van der Waals surface area contributed by atoms with E-state index in [0.29, 0.717) is 53.6 Å². The summed E-state index contributed by atoms with van der Waals surface area (Å²) in [6, 6.07) is 15.3. The Balaban J connectivity index is 1.51. The molecular formula is C26H26N2O7. The van der Waals surface area contributed by atoms with E-state index in [1.54, 1.807) is 50.5 Å². The van der Waals surface area contributed by atoms with Gasteiger partial charge in [0.15, 0.2) is 18.1 Å². The third-order valence-corrected chi connectivity index (χ3v) is 6.00. The summed E-state index contributed by atoms with van der Waals surface area (Å²) < 4.78 is 21.8. The van der Waals surface area contributed by atoms with E-state index < -0.39 is 4.92 Å². The molecular weight excluding hydrogens is 452 g/mol. The summed E-state index contributed by atoms with van der Waals surface area (Å²) in [4.78, 5) is 25.6. The van der Waals surface area contributed by atoms with Gasteiger partial charge < -0.3 is 23.8 Å². The van der Waals surface area contributed by atoms with Crippen molar-refractivity contribution < 1.29 is 28.7 Å². The predicted octanol–water partition coefficient (Wildman–Crippen LogP) is 4.25. The molecule has 0 spiro atoms. The number of nitro benzene ring substituents is 1. The highest BCUT2D eigenvalue weighted by atomic mass is 16.6. The third kappa shape index (κ3) is 5.13. The number of non-ortho nitro benzene ring substituents is 1. The van der Waals surface area contributed by atoms with Crippen LogP contribution >= 0.6 is 0 Å². The Bertz CT molecular complexity index is 1240. The SMILES string of the molecule is COc1ccc(-c2cc([N+](=O)[O-])ccc2OCC(=O)N2CCc3cc(OC)c(OC)cc3C2)cc1. The molecule has 1 heterocycles. The molecule has 0 bridgehead atoms. The van der Waals surface area contributed by atoms with Gasteiger partial charge in [-0.3, -0.25) is 14.9 Å². The molecule has 4 rings (SSSR count). The minimum Gasteiger partial charge on any atom is -0.497 e. The van der Waals surface area contributed by atoms with Crippen LogP contribution < -0.4 is 18.9 Å². The molecule has 0 radical (unpaired) electrons. The van der Waals surface area contributed by atoms with Crippen LogP contribution in [0.5, 0.6) is 23.0 Å². The zero-order chi connectivity index (χ0) is 24.9. The number of hydrogen-bond acceptors (Lipinski definition) is 7. The lowest BCUT2D eigenvalue weighted by Gasteiger charge is -2.29. The van der Waals surface area contributed by atoms with Crippen molar-refractivity contribution in [1.29, 1.82) is 0 Å². The lowest BCUT2D eigenvalue weighted by Crippen LogP contribution is -2.38. The van der Waals surface area contributed by atoms with Crippen molar-refractivity contribution in [2.24, 2.45) is 0 Å².